The smallest absolute Gasteiger partial charge is 0.221 e. The minimum Gasteiger partial charge on any atom is -0.481 e. The van der Waals surface area contributed by atoms with Gasteiger partial charge in [0.15, 0.2) is 0 Å². The van der Waals surface area contributed by atoms with Crippen LogP contribution in [0.15, 0.2) is 40.9 Å². The van der Waals surface area contributed by atoms with Crippen molar-refractivity contribution in [3.8, 4) is 17.1 Å². The van der Waals surface area contributed by atoms with E-state index in [4.69, 9.17) is 10.5 Å². The van der Waals surface area contributed by atoms with Gasteiger partial charge in [-0.3, -0.25) is 0 Å². The lowest BCUT2D eigenvalue weighted by Gasteiger charge is -2.08. The molecular weight excluding hydrogens is 320 g/mol. The molecule has 0 aliphatic carbocycles. The van der Waals surface area contributed by atoms with Crippen molar-refractivity contribution < 1.29 is 4.74 Å². The molecular formula is C14H11BrN4O. The van der Waals surface area contributed by atoms with Crippen LogP contribution in [0.2, 0.25) is 0 Å². The van der Waals surface area contributed by atoms with E-state index in [0.717, 1.165) is 10.0 Å². The standard InChI is InChI=1S/C14H11BrN4O/c1-20-11-6-5-10-13(18-11)12(19-14(16)17-10)8-3-2-4-9(15)7-8/h2-7H,1H3,(H2,16,17,19). The molecule has 100 valence electrons. The van der Waals surface area contributed by atoms with E-state index in [-0.39, 0.29) is 5.95 Å². The van der Waals surface area contributed by atoms with Crippen molar-refractivity contribution in [3.05, 3.63) is 40.9 Å². The number of halogens is 1. The van der Waals surface area contributed by atoms with Crippen LogP contribution in [-0.2, 0) is 0 Å². The van der Waals surface area contributed by atoms with Gasteiger partial charge in [-0.1, -0.05) is 28.1 Å². The summed E-state index contributed by atoms with van der Waals surface area (Å²) in [5.74, 6) is 0.738. The third-order valence-electron chi connectivity index (χ3n) is 2.84. The lowest BCUT2D eigenvalue weighted by atomic mass is 10.1. The first-order chi connectivity index (χ1) is 9.67. The summed E-state index contributed by atoms with van der Waals surface area (Å²) < 4.78 is 6.12. The highest BCUT2D eigenvalue weighted by Crippen LogP contribution is 2.28. The number of methoxy groups -OCH3 is 1. The minimum absolute atomic E-state index is 0.222. The molecule has 0 amide bonds. The number of ether oxygens (including phenoxy) is 1. The van der Waals surface area contributed by atoms with Gasteiger partial charge in [0, 0.05) is 16.1 Å². The fourth-order valence-electron chi connectivity index (χ4n) is 1.97. The summed E-state index contributed by atoms with van der Waals surface area (Å²) in [5, 5.41) is 0. The van der Waals surface area contributed by atoms with Crippen molar-refractivity contribution in [2.24, 2.45) is 0 Å². The summed E-state index contributed by atoms with van der Waals surface area (Å²) in [6.45, 7) is 0. The van der Waals surface area contributed by atoms with Crippen LogP contribution in [0.5, 0.6) is 5.88 Å². The van der Waals surface area contributed by atoms with Gasteiger partial charge in [0.2, 0.25) is 11.8 Å². The van der Waals surface area contributed by atoms with Gasteiger partial charge >= 0.3 is 0 Å². The van der Waals surface area contributed by atoms with Crippen LogP contribution in [0.25, 0.3) is 22.3 Å². The Kier molecular flexibility index (Phi) is 3.23. The molecule has 0 aliphatic heterocycles. The van der Waals surface area contributed by atoms with Gasteiger partial charge in [0.1, 0.15) is 11.2 Å². The lowest BCUT2D eigenvalue weighted by molar-refractivity contribution is 0.399. The number of fused-ring (bicyclic) bond motifs is 1. The normalized spacial score (nSPS) is 10.7. The number of nitrogens with zero attached hydrogens (tertiary/aromatic N) is 3. The van der Waals surface area contributed by atoms with E-state index in [1.54, 1.807) is 13.2 Å². The van der Waals surface area contributed by atoms with Crippen molar-refractivity contribution in [1.29, 1.82) is 0 Å². The SMILES string of the molecule is COc1ccc2nc(N)nc(-c3cccc(Br)c3)c2n1. The number of anilines is 1. The van der Waals surface area contributed by atoms with Crippen LogP contribution in [0.1, 0.15) is 0 Å². The van der Waals surface area contributed by atoms with E-state index < -0.39 is 0 Å². The molecule has 2 N–H and O–H groups in total. The highest BCUT2D eigenvalue weighted by Gasteiger charge is 2.11. The van der Waals surface area contributed by atoms with Crippen LogP contribution < -0.4 is 10.5 Å². The second-order valence-corrected chi connectivity index (χ2v) is 5.08. The molecule has 0 saturated carbocycles. The maximum atomic E-state index is 5.78. The fraction of sp³-hybridized carbons (Fsp3) is 0.0714. The molecule has 0 aliphatic rings. The van der Waals surface area contributed by atoms with E-state index in [1.165, 1.54) is 0 Å². The average Bonchev–Trinajstić information content (AvgIpc) is 2.46. The molecule has 0 atom stereocenters. The molecule has 20 heavy (non-hydrogen) atoms. The maximum Gasteiger partial charge on any atom is 0.221 e. The Labute approximate surface area is 124 Å². The molecule has 0 radical (unpaired) electrons. The zero-order valence-corrected chi connectivity index (χ0v) is 12.3. The van der Waals surface area contributed by atoms with Crippen LogP contribution >= 0.6 is 15.9 Å². The summed E-state index contributed by atoms with van der Waals surface area (Å²) in [7, 11) is 1.57. The molecule has 1 aromatic carbocycles. The number of hydrogen-bond acceptors (Lipinski definition) is 5. The van der Waals surface area contributed by atoms with Gasteiger partial charge in [-0.05, 0) is 18.2 Å². The van der Waals surface area contributed by atoms with Gasteiger partial charge in [-0.15, -0.1) is 0 Å². The number of nitrogen functional groups attached to an aromatic ring is 1. The molecule has 6 heteroatoms. The second-order valence-electron chi connectivity index (χ2n) is 4.16. The fourth-order valence-corrected chi connectivity index (χ4v) is 2.36. The topological polar surface area (TPSA) is 73.9 Å². The van der Waals surface area contributed by atoms with Crippen molar-refractivity contribution in [2.75, 3.05) is 12.8 Å². The first kappa shape index (κ1) is 12.8. The van der Waals surface area contributed by atoms with Gasteiger partial charge in [0.25, 0.3) is 0 Å². The molecule has 0 fully saturated rings. The molecule has 0 bridgehead atoms. The monoisotopic (exact) mass is 330 g/mol. The Balaban J connectivity index is 2.33. The Bertz CT molecular complexity index is 791. The Morgan fingerprint density at radius 1 is 1.10 bits per heavy atom. The largest absolute Gasteiger partial charge is 0.481 e. The number of hydrogen-bond donors (Lipinski definition) is 1. The Morgan fingerprint density at radius 3 is 2.70 bits per heavy atom. The van der Waals surface area contributed by atoms with Crippen molar-refractivity contribution in [2.45, 2.75) is 0 Å². The highest BCUT2D eigenvalue weighted by molar-refractivity contribution is 9.10. The zero-order chi connectivity index (χ0) is 14.1. The van der Waals surface area contributed by atoms with Gasteiger partial charge in [0.05, 0.1) is 12.6 Å². The molecule has 0 spiro atoms. The zero-order valence-electron chi connectivity index (χ0n) is 10.7. The summed E-state index contributed by atoms with van der Waals surface area (Å²) in [4.78, 5) is 12.9. The summed E-state index contributed by atoms with van der Waals surface area (Å²) in [6.07, 6.45) is 0. The predicted molar refractivity (Wildman–Crippen MR) is 81.4 cm³/mol. The highest BCUT2D eigenvalue weighted by atomic mass is 79.9. The molecule has 2 aromatic heterocycles. The molecule has 0 unspecified atom stereocenters. The van der Waals surface area contributed by atoms with Crippen molar-refractivity contribution in [3.63, 3.8) is 0 Å². The number of aromatic nitrogens is 3. The first-order valence-electron chi connectivity index (χ1n) is 5.91. The number of pyridine rings is 1. The third kappa shape index (κ3) is 2.30. The maximum absolute atomic E-state index is 5.78. The van der Waals surface area contributed by atoms with E-state index in [1.807, 2.05) is 30.3 Å². The molecule has 2 heterocycles. The second kappa shape index (κ2) is 5.05. The number of benzene rings is 1. The minimum atomic E-state index is 0.222. The van der Waals surface area contributed by atoms with Crippen LogP contribution in [0, 0.1) is 0 Å². The van der Waals surface area contributed by atoms with Crippen molar-refractivity contribution in [1.82, 2.24) is 15.0 Å². The quantitative estimate of drug-likeness (QED) is 0.781. The van der Waals surface area contributed by atoms with E-state index >= 15 is 0 Å². The summed E-state index contributed by atoms with van der Waals surface area (Å²) in [5.41, 5.74) is 8.73. The third-order valence-corrected chi connectivity index (χ3v) is 3.33. The molecule has 5 nitrogen and oxygen atoms in total. The Hall–Kier alpha value is -2.21. The number of nitrogens with two attached hydrogens (primary N) is 1. The molecule has 0 saturated heterocycles. The first-order valence-corrected chi connectivity index (χ1v) is 6.71. The summed E-state index contributed by atoms with van der Waals surface area (Å²) >= 11 is 3.45. The molecule has 3 aromatic rings. The van der Waals surface area contributed by atoms with Crippen LogP contribution in [0.3, 0.4) is 0 Å². The van der Waals surface area contributed by atoms with Gasteiger partial charge < -0.3 is 10.5 Å². The average molecular weight is 331 g/mol. The lowest BCUT2D eigenvalue weighted by Crippen LogP contribution is -2.00. The number of rotatable bonds is 2. The Morgan fingerprint density at radius 2 is 1.95 bits per heavy atom. The van der Waals surface area contributed by atoms with Gasteiger partial charge in [-0.2, -0.15) is 0 Å². The van der Waals surface area contributed by atoms with E-state index in [9.17, 15) is 0 Å². The summed E-state index contributed by atoms with van der Waals surface area (Å²) in [6, 6.07) is 11.4. The molecule has 3 rings (SSSR count). The van der Waals surface area contributed by atoms with Crippen molar-refractivity contribution >= 4 is 32.9 Å². The van der Waals surface area contributed by atoms with Gasteiger partial charge in [-0.25, -0.2) is 15.0 Å². The van der Waals surface area contributed by atoms with Crippen LogP contribution in [-0.4, -0.2) is 22.1 Å². The van der Waals surface area contributed by atoms with E-state index in [2.05, 4.69) is 30.9 Å². The van der Waals surface area contributed by atoms with Crippen LogP contribution in [0.4, 0.5) is 5.95 Å². The van der Waals surface area contributed by atoms with E-state index in [0.29, 0.717) is 22.6 Å². The predicted octanol–water partition coefficient (Wildman–Crippen LogP) is 3.05.